The summed E-state index contributed by atoms with van der Waals surface area (Å²) in [6, 6.07) is 0. The highest BCUT2D eigenvalue weighted by atomic mass is 16.5. The summed E-state index contributed by atoms with van der Waals surface area (Å²) in [6.45, 7) is 20.1. The van der Waals surface area contributed by atoms with Crippen molar-refractivity contribution in [1.29, 1.82) is 0 Å². The molecule has 0 heterocycles. The van der Waals surface area contributed by atoms with Crippen LogP contribution in [0, 0.1) is 16.7 Å². The van der Waals surface area contributed by atoms with E-state index < -0.39 is 0 Å². The van der Waals surface area contributed by atoms with Gasteiger partial charge in [-0.3, -0.25) is 0 Å². The molecule has 2 nitrogen and oxygen atoms in total. The van der Waals surface area contributed by atoms with E-state index in [4.69, 9.17) is 4.74 Å². The fourth-order valence-electron chi connectivity index (χ4n) is 3.42. The van der Waals surface area contributed by atoms with Crippen LogP contribution in [0.1, 0.15) is 74.7 Å². The third-order valence-electron chi connectivity index (χ3n) is 5.10. The Morgan fingerprint density at radius 2 is 1.83 bits per heavy atom. The lowest BCUT2D eigenvalue weighted by Crippen LogP contribution is -2.33. The molecule has 0 saturated heterocycles. The molecule has 0 fully saturated rings. The van der Waals surface area contributed by atoms with Crippen LogP contribution in [0.25, 0.3) is 0 Å². The lowest BCUT2D eigenvalue weighted by atomic mass is 9.72. The molecule has 1 rings (SSSR count). The van der Waals surface area contributed by atoms with Crippen molar-refractivity contribution >= 4 is 0 Å². The highest BCUT2D eigenvalue weighted by molar-refractivity contribution is 5.30. The highest BCUT2D eigenvalue weighted by Crippen LogP contribution is 2.39. The summed E-state index contributed by atoms with van der Waals surface area (Å²) < 4.78 is 5.91. The van der Waals surface area contributed by atoms with E-state index in [2.05, 4.69) is 78.9 Å². The fourth-order valence-corrected chi connectivity index (χ4v) is 3.42. The minimum atomic E-state index is 0.261. The molecule has 0 aromatic carbocycles. The topological polar surface area (TPSA) is 21.3 Å². The zero-order valence-corrected chi connectivity index (χ0v) is 17.4. The predicted molar refractivity (Wildman–Crippen MR) is 106 cm³/mol. The average molecular weight is 336 g/mol. The smallest absolute Gasteiger partial charge is 0.0674 e. The largest absolute Gasteiger partial charge is 0.374 e. The van der Waals surface area contributed by atoms with Crippen LogP contribution >= 0.6 is 0 Å². The number of nitrogens with one attached hydrogen (secondary N) is 1. The molecular formula is C22H41NO. The van der Waals surface area contributed by atoms with Gasteiger partial charge in [-0.15, -0.1) is 0 Å². The van der Waals surface area contributed by atoms with Crippen molar-refractivity contribution in [2.45, 2.75) is 86.9 Å². The number of hydrogen-bond acceptors (Lipinski definition) is 2. The number of ether oxygens (including phenoxy) is 1. The van der Waals surface area contributed by atoms with Gasteiger partial charge in [0.25, 0.3) is 0 Å². The second-order valence-electron chi connectivity index (χ2n) is 9.23. The van der Waals surface area contributed by atoms with Crippen LogP contribution in [0.4, 0.5) is 0 Å². The third-order valence-corrected chi connectivity index (χ3v) is 5.10. The van der Waals surface area contributed by atoms with Crippen LogP contribution < -0.4 is 5.32 Å². The Hall–Kier alpha value is -0.600. The molecule has 1 aliphatic rings. The molecule has 24 heavy (non-hydrogen) atoms. The molecule has 0 aromatic rings. The van der Waals surface area contributed by atoms with E-state index in [0.717, 1.165) is 25.9 Å². The number of allylic oxidation sites excluding steroid dienone is 4. The standard InChI is InChI=1S/C22H41NO/c1-9-18(3)24-19(4)16-23-15-17(2)14-22(8)12-10-20(11-13-22)21(5,6)7/h10-12,17-19,23H,9,13-16H2,1-8H3. The second kappa shape index (κ2) is 9.20. The zero-order valence-electron chi connectivity index (χ0n) is 17.4. The van der Waals surface area contributed by atoms with E-state index in [-0.39, 0.29) is 11.5 Å². The number of hydrogen-bond donors (Lipinski definition) is 1. The van der Waals surface area contributed by atoms with Crippen molar-refractivity contribution in [3.63, 3.8) is 0 Å². The maximum Gasteiger partial charge on any atom is 0.0674 e. The summed E-state index contributed by atoms with van der Waals surface area (Å²) >= 11 is 0. The van der Waals surface area contributed by atoms with E-state index >= 15 is 0 Å². The zero-order chi connectivity index (χ0) is 18.4. The van der Waals surface area contributed by atoms with Crippen LogP contribution in [-0.4, -0.2) is 25.3 Å². The quantitative estimate of drug-likeness (QED) is 0.579. The van der Waals surface area contributed by atoms with Crippen molar-refractivity contribution in [2.75, 3.05) is 13.1 Å². The minimum Gasteiger partial charge on any atom is -0.374 e. The SMILES string of the molecule is CCC(C)OC(C)CNCC(C)CC1(C)C=CC(C(C)(C)C)=CC1. The molecule has 1 N–H and O–H groups in total. The predicted octanol–water partition coefficient (Wildman–Crippen LogP) is 5.74. The van der Waals surface area contributed by atoms with Gasteiger partial charge in [0.15, 0.2) is 0 Å². The molecule has 1 aliphatic carbocycles. The monoisotopic (exact) mass is 335 g/mol. The molecule has 2 heteroatoms. The summed E-state index contributed by atoms with van der Waals surface area (Å²) in [5, 5.41) is 3.59. The summed E-state index contributed by atoms with van der Waals surface area (Å²) in [7, 11) is 0. The van der Waals surface area contributed by atoms with E-state index in [1.807, 2.05) is 0 Å². The number of rotatable bonds is 9. The Kier molecular flexibility index (Phi) is 8.22. The lowest BCUT2D eigenvalue weighted by molar-refractivity contribution is 0.00708. The van der Waals surface area contributed by atoms with Gasteiger partial charge in [0.05, 0.1) is 12.2 Å². The third kappa shape index (κ3) is 7.53. The molecule has 0 aliphatic heterocycles. The molecule has 0 bridgehead atoms. The lowest BCUT2D eigenvalue weighted by Gasteiger charge is -2.34. The van der Waals surface area contributed by atoms with Gasteiger partial charge in [0.1, 0.15) is 0 Å². The molecule has 4 atom stereocenters. The van der Waals surface area contributed by atoms with Crippen molar-refractivity contribution in [3.05, 3.63) is 23.8 Å². The molecular weight excluding hydrogens is 294 g/mol. The minimum absolute atomic E-state index is 0.261. The van der Waals surface area contributed by atoms with Crippen LogP contribution in [0.2, 0.25) is 0 Å². The Balaban J connectivity index is 2.34. The Morgan fingerprint density at radius 1 is 1.17 bits per heavy atom. The maximum absolute atomic E-state index is 5.91. The summed E-state index contributed by atoms with van der Waals surface area (Å²) in [5.41, 5.74) is 2.03. The van der Waals surface area contributed by atoms with Crippen molar-refractivity contribution in [3.8, 4) is 0 Å². The van der Waals surface area contributed by atoms with E-state index in [1.54, 1.807) is 0 Å². The second-order valence-corrected chi connectivity index (χ2v) is 9.23. The van der Waals surface area contributed by atoms with Crippen molar-refractivity contribution in [2.24, 2.45) is 16.7 Å². The molecule has 0 aromatic heterocycles. The first kappa shape index (κ1) is 21.4. The fraction of sp³-hybridized carbons (Fsp3) is 0.818. The highest BCUT2D eigenvalue weighted by Gasteiger charge is 2.27. The van der Waals surface area contributed by atoms with Crippen LogP contribution in [0.3, 0.4) is 0 Å². The molecule has 0 radical (unpaired) electrons. The Bertz CT molecular complexity index is 432. The van der Waals surface area contributed by atoms with Gasteiger partial charge in [0.2, 0.25) is 0 Å². The van der Waals surface area contributed by atoms with Gasteiger partial charge < -0.3 is 10.1 Å². The Labute approximate surface area is 151 Å². The van der Waals surface area contributed by atoms with Crippen LogP contribution in [0.5, 0.6) is 0 Å². The maximum atomic E-state index is 5.91. The molecule has 140 valence electrons. The van der Waals surface area contributed by atoms with E-state index in [1.165, 1.54) is 12.0 Å². The van der Waals surface area contributed by atoms with Crippen molar-refractivity contribution in [1.82, 2.24) is 5.32 Å². The van der Waals surface area contributed by atoms with Gasteiger partial charge in [-0.1, -0.05) is 59.8 Å². The molecule has 4 unspecified atom stereocenters. The molecule has 0 amide bonds. The van der Waals surface area contributed by atoms with Gasteiger partial charge in [0, 0.05) is 6.54 Å². The van der Waals surface area contributed by atoms with Gasteiger partial charge in [-0.2, -0.15) is 0 Å². The summed E-state index contributed by atoms with van der Waals surface area (Å²) in [6.07, 6.45) is 11.4. The van der Waals surface area contributed by atoms with Crippen molar-refractivity contribution < 1.29 is 4.74 Å². The van der Waals surface area contributed by atoms with E-state index in [9.17, 15) is 0 Å². The normalized spacial score (nSPS) is 25.2. The Morgan fingerprint density at radius 3 is 2.33 bits per heavy atom. The van der Waals surface area contributed by atoms with Gasteiger partial charge in [-0.25, -0.2) is 0 Å². The first-order valence-electron chi connectivity index (χ1n) is 9.82. The summed E-state index contributed by atoms with van der Waals surface area (Å²) in [4.78, 5) is 0. The van der Waals surface area contributed by atoms with Gasteiger partial charge >= 0.3 is 0 Å². The van der Waals surface area contributed by atoms with Crippen LogP contribution in [-0.2, 0) is 4.74 Å². The average Bonchev–Trinajstić information content (AvgIpc) is 2.45. The van der Waals surface area contributed by atoms with Gasteiger partial charge in [-0.05, 0) is 62.0 Å². The first-order valence-corrected chi connectivity index (χ1v) is 9.82. The molecule has 0 saturated carbocycles. The molecule has 0 spiro atoms. The van der Waals surface area contributed by atoms with E-state index in [0.29, 0.717) is 17.4 Å². The van der Waals surface area contributed by atoms with Crippen LogP contribution in [0.15, 0.2) is 23.8 Å². The first-order chi connectivity index (χ1) is 11.1. The summed E-state index contributed by atoms with van der Waals surface area (Å²) in [5.74, 6) is 0.667.